The van der Waals surface area contributed by atoms with Crippen LogP contribution in [0.3, 0.4) is 0 Å². The topological polar surface area (TPSA) is 58.4 Å². The highest BCUT2D eigenvalue weighted by Gasteiger charge is 2.27. The summed E-state index contributed by atoms with van der Waals surface area (Å²) in [6.07, 6.45) is 2.10. The van der Waals surface area contributed by atoms with Crippen LogP contribution in [0.5, 0.6) is 0 Å². The van der Waals surface area contributed by atoms with Crippen LogP contribution in [0.4, 0.5) is 11.4 Å². The summed E-state index contributed by atoms with van der Waals surface area (Å²) >= 11 is 0. The fourth-order valence-electron chi connectivity index (χ4n) is 2.82. The van der Waals surface area contributed by atoms with Gasteiger partial charge in [-0.05, 0) is 25.3 Å². The highest BCUT2D eigenvalue weighted by Crippen LogP contribution is 2.29. The van der Waals surface area contributed by atoms with Crippen molar-refractivity contribution in [1.29, 1.82) is 0 Å². The van der Waals surface area contributed by atoms with Gasteiger partial charge in [0.1, 0.15) is 0 Å². The van der Waals surface area contributed by atoms with Gasteiger partial charge >= 0.3 is 0 Å². The molecule has 1 aromatic rings. The van der Waals surface area contributed by atoms with Gasteiger partial charge in [-0.25, -0.2) is 0 Å². The van der Waals surface area contributed by atoms with Crippen molar-refractivity contribution in [3.05, 3.63) is 33.9 Å². The van der Waals surface area contributed by atoms with Gasteiger partial charge in [0.05, 0.1) is 4.92 Å². The molecular weight excluding hydrogens is 254 g/mol. The molecule has 0 spiro atoms. The number of aryl methyl sites for hydroxylation is 1. The molecule has 1 aliphatic rings. The van der Waals surface area contributed by atoms with Gasteiger partial charge in [0, 0.05) is 43.0 Å². The largest absolute Gasteiger partial charge is 0.365 e. The number of hydrogen-bond donors (Lipinski definition) is 1. The summed E-state index contributed by atoms with van der Waals surface area (Å²) in [6.45, 7) is 8.21. The molecule has 5 heteroatoms. The van der Waals surface area contributed by atoms with Gasteiger partial charge in [0.2, 0.25) is 0 Å². The lowest BCUT2D eigenvalue weighted by molar-refractivity contribution is -0.384. The van der Waals surface area contributed by atoms with Crippen LogP contribution in [0.2, 0.25) is 0 Å². The van der Waals surface area contributed by atoms with Crippen LogP contribution in [0.1, 0.15) is 32.3 Å². The van der Waals surface area contributed by atoms with Crippen LogP contribution in [-0.4, -0.2) is 30.1 Å². The van der Waals surface area contributed by atoms with E-state index in [0.717, 1.165) is 37.2 Å². The van der Waals surface area contributed by atoms with E-state index in [-0.39, 0.29) is 10.6 Å². The maximum atomic E-state index is 11.0. The molecule has 0 aromatic heterocycles. The Morgan fingerprint density at radius 2 is 2.15 bits per heavy atom. The van der Waals surface area contributed by atoms with Crippen LogP contribution in [0.15, 0.2) is 18.2 Å². The Balaban J connectivity index is 2.35. The van der Waals surface area contributed by atoms with Gasteiger partial charge in [-0.3, -0.25) is 10.1 Å². The molecular formula is C15H23N3O2. The first-order valence-electron chi connectivity index (χ1n) is 7.31. The molecule has 2 atom stereocenters. The summed E-state index contributed by atoms with van der Waals surface area (Å²) < 4.78 is 0. The second-order valence-electron chi connectivity index (χ2n) is 5.46. The number of hydrogen-bond acceptors (Lipinski definition) is 4. The average Bonchev–Trinajstić information content (AvgIpc) is 2.46. The Kier molecular flexibility index (Phi) is 4.60. The third-order valence-corrected chi connectivity index (χ3v) is 4.18. The van der Waals surface area contributed by atoms with E-state index < -0.39 is 0 Å². The van der Waals surface area contributed by atoms with Crippen molar-refractivity contribution in [3.63, 3.8) is 0 Å². The first-order valence-corrected chi connectivity index (χ1v) is 7.31. The first kappa shape index (κ1) is 14.8. The molecule has 1 aromatic carbocycles. The molecule has 5 nitrogen and oxygen atoms in total. The van der Waals surface area contributed by atoms with Crippen LogP contribution in [0, 0.1) is 17.0 Å². The molecule has 1 aliphatic heterocycles. The third kappa shape index (κ3) is 2.93. The molecule has 1 heterocycles. The number of anilines is 1. The third-order valence-electron chi connectivity index (χ3n) is 4.18. The Labute approximate surface area is 120 Å². The van der Waals surface area contributed by atoms with Gasteiger partial charge in [0.15, 0.2) is 0 Å². The van der Waals surface area contributed by atoms with Crippen LogP contribution >= 0.6 is 0 Å². The summed E-state index contributed by atoms with van der Waals surface area (Å²) in [6, 6.07) is 6.01. The lowest BCUT2D eigenvalue weighted by Gasteiger charge is -2.42. The number of benzene rings is 1. The second-order valence-corrected chi connectivity index (χ2v) is 5.46. The summed E-state index contributed by atoms with van der Waals surface area (Å²) in [4.78, 5) is 13.0. The fourth-order valence-corrected chi connectivity index (χ4v) is 2.82. The second kappa shape index (κ2) is 6.22. The summed E-state index contributed by atoms with van der Waals surface area (Å²) in [7, 11) is 0. The van der Waals surface area contributed by atoms with Crippen molar-refractivity contribution < 1.29 is 4.92 Å². The molecule has 2 unspecified atom stereocenters. The molecule has 20 heavy (non-hydrogen) atoms. The summed E-state index contributed by atoms with van der Waals surface area (Å²) in [5.41, 5.74) is 2.28. The predicted octanol–water partition coefficient (Wildman–Crippen LogP) is 2.87. The number of nitrogens with zero attached hydrogens (tertiary/aromatic N) is 2. The number of rotatable bonds is 4. The van der Waals surface area contributed by atoms with E-state index in [1.807, 2.05) is 13.0 Å². The number of nitro benzene ring substituents is 1. The van der Waals surface area contributed by atoms with Crippen molar-refractivity contribution in [1.82, 2.24) is 5.32 Å². The van der Waals surface area contributed by atoms with Crippen molar-refractivity contribution in [3.8, 4) is 0 Å². The Morgan fingerprint density at radius 3 is 2.75 bits per heavy atom. The quantitative estimate of drug-likeness (QED) is 0.679. The smallest absolute Gasteiger partial charge is 0.271 e. The Hall–Kier alpha value is -1.62. The normalized spacial score (nSPS) is 22.9. The fraction of sp³-hybridized carbons (Fsp3) is 0.600. The highest BCUT2D eigenvalue weighted by molar-refractivity contribution is 5.59. The molecule has 0 bridgehead atoms. The average molecular weight is 277 g/mol. The Bertz CT molecular complexity index is 490. The zero-order valence-electron chi connectivity index (χ0n) is 12.4. The molecule has 110 valence electrons. The van der Waals surface area contributed by atoms with Gasteiger partial charge in [-0.2, -0.15) is 0 Å². The summed E-state index contributed by atoms with van der Waals surface area (Å²) in [5, 5.41) is 14.5. The highest BCUT2D eigenvalue weighted by atomic mass is 16.6. The minimum Gasteiger partial charge on any atom is -0.365 e. The van der Waals surface area contributed by atoms with Crippen molar-refractivity contribution in [2.75, 3.05) is 18.0 Å². The van der Waals surface area contributed by atoms with E-state index in [1.165, 1.54) is 0 Å². The Morgan fingerprint density at radius 1 is 1.40 bits per heavy atom. The number of nitrogens with one attached hydrogen (secondary N) is 1. The van der Waals surface area contributed by atoms with Crippen LogP contribution in [-0.2, 0) is 0 Å². The molecule has 1 saturated heterocycles. The standard InChI is InChI=1S/C15H23N3O2/c1-4-12-10-17(13(5-2)9-16-12)15-8-14(18(19)20)7-6-11(15)3/h6-8,12-13,16H,4-5,9-10H2,1-3H3. The minimum atomic E-state index is -0.316. The van der Waals surface area contributed by atoms with E-state index in [4.69, 9.17) is 0 Å². The maximum absolute atomic E-state index is 11.0. The number of non-ortho nitro benzene ring substituents is 1. The maximum Gasteiger partial charge on any atom is 0.271 e. The van der Waals surface area contributed by atoms with E-state index in [2.05, 4.69) is 24.1 Å². The molecule has 1 fully saturated rings. The van der Waals surface area contributed by atoms with E-state index in [9.17, 15) is 10.1 Å². The van der Waals surface area contributed by atoms with Crippen molar-refractivity contribution >= 4 is 11.4 Å². The first-order chi connectivity index (χ1) is 9.56. The minimum absolute atomic E-state index is 0.173. The molecule has 0 aliphatic carbocycles. The summed E-state index contributed by atoms with van der Waals surface area (Å²) in [5.74, 6) is 0. The van der Waals surface area contributed by atoms with Gasteiger partial charge in [-0.1, -0.05) is 19.9 Å². The van der Waals surface area contributed by atoms with Gasteiger partial charge in [-0.15, -0.1) is 0 Å². The molecule has 2 rings (SSSR count). The monoisotopic (exact) mass is 277 g/mol. The van der Waals surface area contributed by atoms with Gasteiger partial charge in [0.25, 0.3) is 5.69 Å². The SMILES string of the molecule is CCC1CN(c2cc([N+](=O)[O-])ccc2C)C(CC)CN1. The zero-order chi connectivity index (χ0) is 14.7. The molecule has 0 saturated carbocycles. The molecule has 0 amide bonds. The molecule has 1 N–H and O–H groups in total. The molecule has 0 radical (unpaired) electrons. The van der Waals surface area contributed by atoms with Crippen molar-refractivity contribution in [2.45, 2.75) is 45.7 Å². The van der Waals surface area contributed by atoms with Crippen LogP contribution < -0.4 is 10.2 Å². The predicted molar refractivity (Wildman–Crippen MR) is 81.3 cm³/mol. The number of nitro groups is 1. The van der Waals surface area contributed by atoms with E-state index in [0.29, 0.717) is 12.1 Å². The zero-order valence-corrected chi connectivity index (χ0v) is 12.4. The lowest BCUT2D eigenvalue weighted by atomic mass is 10.0. The number of piperazine rings is 1. The van der Waals surface area contributed by atoms with Crippen LogP contribution in [0.25, 0.3) is 0 Å². The van der Waals surface area contributed by atoms with E-state index in [1.54, 1.807) is 12.1 Å². The lowest BCUT2D eigenvalue weighted by Crippen LogP contribution is -2.56. The van der Waals surface area contributed by atoms with Crippen molar-refractivity contribution in [2.24, 2.45) is 0 Å². The van der Waals surface area contributed by atoms with E-state index >= 15 is 0 Å². The van der Waals surface area contributed by atoms with Gasteiger partial charge < -0.3 is 10.2 Å².